The van der Waals surface area contributed by atoms with Gasteiger partial charge in [-0.1, -0.05) is 101 Å². The lowest BCUT2D eigenvalue weighted by Crippen LogP contribution is -2.30. The first kappa shape index (κ1) is 25.6. The minimum atomic E-state index is -0.862. The second kappa shape index (κ2) is 11.1. The summed E-state index contributed by atoms with van der Waals surface area (Å²) < 4.78 is 13.8. The van der Waals surface area contributed by atoms with Gasteiger partial charge in [-0.3, -0.25) is 14.5 Å². The van der Waals surface area contributed by atoms with E-state index in [4.69, 9.17) is 0 Å². The number of ketones is 1. The Kier molecular flexibility index (Phi) is 7.48. The molecule has 0 saturated heterocycles. The molecule has 0 unspecified atom stereocenters. The highest BCUT2D eigenvalue weighted by Gasteiger charge is 2.45. The minimum absolute atomic E-state index is 0.0123. The van der Waals surface area contributed by atoms with E-state index in [1.54, 1.807) is 18.2 Å². The number of halogens is 1. The van der Waals surface area contributed by atoms with Crippen LogP contribution in [-0.2, 0) is 15.3 Å². The summed E-state index contributed by atoms with van der Waals surface area (Å²) in [5.74, 6) is -1.54. The van der Waals surface area contributed by atoms with Gasteiger partial charge in [0, 0.05) is 5.75 Å². The van der Waals surface area contributed by atoms with E-state index in [0.717, 1.165) is 16.7 Å². The first-order valence-electron chi connectivity index (χ1n) is 11.7. The Hall–Kier alpha value is -4.08. The molecule has 1 atom stereocenters. The molecule has 0 spiro atoms. The molecule has 6 nitrogen and oxygen atoms in total. The number of allylic oxidation sites excluding steroid dienone is 1. The molecule has 0 bridgehead atoms. The molecular formula is C29H22FN3O3S2. The number of anilines is 1. The molecule has 0 radical (unpaired) electrons. The highest BCUT2D eigenvalue weighted by atomic mass is 32.2. The molecule has 190 valence electrons. The van der Waals surface area contributed by atoms with Crippen LogP contribution in [-0.4, -0.2) is 27.0 Å². The predicted molar refractivity (Wildman–Crippen MR) is 147 cm³/mol. The largest absolute Gasteiger partial charge is 0.503 e. The molecule has 1 aliphatic rings. The van der Waals surface area contributed by atoms with Gasteiger partial charge in [0.25, 0.3) is 5.91 Å². The van der Waals surface area contributed by atoms with Crippen LogP contribution in [0.5, 0.6) is 0 Å². The van der Waals surface area contributed by atoms with Crippen molar-refractivity contribution >= 4 is 46.0 Å². The molecule has 38 heavy (non-hydrogen) atoms. The van der Waals surface area contributed by atoms with Gasteiger partial charge in [0.05, 0.1) is 11.6 Å². The Labute approximate surface area is 227 Å². The number of hydrogen-bond acceptors (Lipinski definition) is 7. The number of nitrogens with zero attached hydrogens (tertiary/aromatic N) is 3. The van der Waals surface area contributed by atoms with E-state index in [1.165, 1.54) is 46.2 Å². The second-order valence-corrected chi connectivity index (χ2v) is 10.8. The lowest BCUT2D eigenvalue weighted by atomic mass is 9.95. The van der Waals surface area contributed by atoms with Crippen LogP contribution in [0.4, 0.5) is 9.52 Å². The van der Waals surface area contributed by atoms with Crippen LogP contribution in [0.3, 0.4) is 0 Å². The molecule has 2 heterocycles. The van der Waals surface area contributed by atoms with E-state index < -0.39 is 23.5 Å². The highest BCUT2D eigenvalue weighted by molar-refractivity contribution is 8.00. The topological polar surface area (TPSA) is 83.4 Å². The number of benzene rings is 3. The normalized spacial score (nSPS) is 15.6. The monoisotopic (exact) mass is 543 g/mol. The fraction of sp³-hybridized carbons (Fsp3) is 0.103. The van der Waals surface area contributed by atoms with E-state index in [-0.39, 0.29) is 16.5 Å². The maximum Gasteiger partial charge on any atom is 0.296 e. The summed E-state index contributed by atoms with van der Waals surface area (Å²) >= 11 is 2.59. The van der Waals surface area contributed by atoms with Crippen LogP contribution in [0, 0.1) is 12.7 Å². The fourth-order valence-corrected chi connectivity index (χ4v) is 5.85. The van der Waals surface area contributed by atoms with Crippen molar-refractivity contribution in [1.82, 2.24) is 10.2 Å². The minimum Gasteiger partial charge on any atom is -0.503 e. The van der Waals surface area contributed by atoms with Crippen LogP contribution < -0.4 is 4.90 Å². The van der Waals surface area contributed by atoms with Crippen molar-refractivity contribution in [2.45, 2.75) is 23.1 Å². The Balaban J connectivity index is 1.45. The third-order valence-electron chi connectivity index (χ3n) is 5.97. The summed E-state index contributed by atoms with van der Waals surface area (Å²) in [6.07, 6.45) is 3.01. The number of amides is 1. The van der Waals surface area contributed by atoms with Crippen molar-refractivity contribution < 1.29 is 19.1 Å². The van der Waals surface area contributed by atoms with E-state index in [2.05, 4.69) is 10.2 Å². The molecule has 0 aliphatic carbocycles. The summed E-state index contributed by atoms with van der Waals surface area (Å²) in [4.78, 5) is 28.0. The Morgan fingerprint density at radius 3 is 2.47 bits per heavy atom. The number of aromatic nitrogens is 2. The maximum absolute atomic E-state index is 13.3. The highest BCUT2D eigenvalue weighted by Crippen LogP contribution is 2.43. The number of aliphatic hydroxyl groups is 1. The first-order valence-corrected chi connectivity index (χ1v) is 13.5. The zero-order chi connectivity index (χ0) is 26.6. The lowest BCUT2D eigenvalue weighted by Gasteiger charge is -2.23. The average molecular weight is 544 g/mol. The molecule has 4 aromatic rings. The SMILES string of the molecule is Cc1ccc([C@@H]2C(C(=O)/C=C/c3ccccc3)=C(O)C(=O)N2c2nnc(SCc3ccc(F)cc3)s2)cc1. The molecule has 1 aliphatic heterocycles. The van der Waals surface area contributed by atoms with Crippen molar-refractivity contribution in [2.24, 2.45) is 0 Å². The molecule has 9 heteroatoms. The number of hydrogen-bond donors (Lipinski definition) is 1. The summed E-state index contributed by atoms with van der Waals surface area (Å²) in [5, 5.41) is 19.6. The smallest absolute Gasteiger partial charge is 0.296 e. The van der Waals surface area contributed by atoms with Gasteiger partial charge >= 0.3 is 0 Å². The Morgan fingerprint density at radius 2 is 1.76 bits per heavy atom. The van der Waals surface area contributed by atoms with Gasteiger partial charge < -0.3 is 5.11 Å². The summed E-state index contributed by atoms with van der Waals surface area (Å²) in [7, 11) is 0. The van der Waals surface area contributed by atoms with Crippen molar-refractivity contribution in [2.75, 3.05) is 4.90 Å². The van der Waals surface area contributed by atoms with Crippen molar-refractivity contribution in [3.8, 4) is 0 Å². The number of carbonyl (C=O) groups excluding carboxylic acids is 2. The number of thioether (sulfide) groups is 1. The second-order valence-electron chi connectivity index (χ2n) is 8.62. The summed E-state index contributed by atoms with van der Waals surface area (Å²) in [5.41, 5.74) is 3.41. The summed E-state index contributed by atoms with van der Waals surface area (Å²) in [6.45, 7) is 1.94. The quantitative estimate of drug-likeness (QED) is 0.156. The molecule has 1 N–H and O–H groups in total. The van der Waals surface area contributed by atoms with Gasteiger partial charge in [0.1, 0.15) is 5.82 Å². The molecule has 5 rings (SSSR count). The first-order chi connectivity index (χ1) is 18.4. The van der Waals surface area contributed by atoms with E-state index in [0.29, 0.717) is 15.7 Å². The van der Waals surface area contributed by atoms with Gasteiger partial charge in [-0.15, -0.1) is 10.2 Å². The fourth-order valence-electron chi connectivity index (χ4n) is 4.03. The molecule has 0 saturated carbocycles. The lowest BCUT2D eigenvalue weighted by molar-refractivity contribution is -0.117. The predicted octanol–water partition coefficient (Wildman–Crippen LogP) is 6.46. The van der Waals surface area contributed by atoms with Crippen LogP contribution in [0.2, 0.25) is 0 Å². The van der Waals surface area contributed by atoms with Gasteiger partial charge in [-0.25, -0.2) is 4.39 Å². The van der Waals surface area contributed by atoms with Crippen molar-refractivity contribution in [1.29, 1.82) is 0 Å². The van der Waals surface area contributed by atoms with Gasteiger partial charge in [-0.2, -0.15) is 0 Å². The maximum atomic E-state index is 13.3. The van der Waals surface area contributed by atoms with Crippen LogP contribution in [0.1, 0.15) is 28.3 Å². The Morgan fingerprint density at radius 1 is 1.05 bits per heavy atom. The van der Waals surface area contributed by atoms with Crippen LogP contribution in [0.15, 0.2) is 101 Å². The average Bonchev–Trinajstić information content (AvgIpc) is 3.50. The van der Waals surface area contributed by atoms with E-state index >= 15 is 0 Å². The third-order valence-corrected chi connectivity index (χ3v) is 8.10. The van der Waals surface area contributed by atoms with Gasteiger partial charge in [-0.05, 0) is 41.8 Å². The van der Waals surface area contributed by atoms with Crippen LogP contribution in [0.25, 0.3) is 6.08 Å². The van der Waals surface area contributed by atoms with Gasteiger partial charge in [0.15, 0.2) is 15.9 Å². The molecule has 3 aromatic carbocycles. The van der Waals surface area contributed by atoms with Gasteiger partial charge in [0.2, 0.25) is 5.13 Å². The van der Waals surface area contributed by atoms with E-state index in [1.807, 2.05) is 61.5 Å². The number of rotatable bonds is 8. The summed E-state index contributed by atoms with van der Waals surface area (Å²) in [6, 6.07) is 22.1. The van der Waals surface area contributed by atoms with E-state index in [9.17, 15) is 19.1 Å². The van der Waals surface area contributed by atoms with Crippen molar-refractivity contribution in [3.63, 3.8) is 0 Å². The molecular weight excluding hydrogens is 521 g/mol. The Bertz CT molecular complexity index is 1530. The zero-order valence-electron chi connectivity index (χ0n) is 20.2. The van der Waals surface area contributed by atoms with Crippen LogP contribution >= 0.6 is 23.1 Å². The number of carbonyl (C=O) groups is 2. The van der Waals surface area contributed by atoms with Crippen molar-refractivity contribution in [3.05, 3.63) is 124 Å². The standard InChI is InChI=1S/C29H22FN3O3S2/c1-18-7-12-21(13-8-18)25-24(23(34)16-11-19-5-3-2-4-6-19)26(35)27(36)33(25)28-31-32-29(38-28)37-17-20-9-14-22(30)15-10-20/h2-16,25,35H,17H2,1H3/b16-11+/t25-/m1/s1. The zero-order valence-corrected chi connectivity index (χ0v) is 21.9. The third kappa shape index (κ3) is 5.44. The number of aliphatic hydroxyl groups excluding tert-OH is 1. The molecule has 0 fully saturated rings. The molecule has 1 aromatic heterocycles. The number of aryl methyl sites for hydroxylation is 1. The molecule has 1 amide bonds.